The molecule has 5 heterocycles. The van der Waals surface area contributed by atoms with Gasteiger partial charge in [0.1, 0.15) is 72.3 Å². The second-order valence-corrected chi connectivity index (χ2v) is 16.5. The van der Waals surface area contributed by atoms with Crippen LogP contribution in [0.15, 0.2) is 94.3 Å². The first-order chi connectivity index (χ1) is 29.4. The lowest BCUT2D eigenvalue weighted by Gasteiger charge is -2.46. The van der Waals surface area contributed by atoms with Crippen LogP contribution in [0.2, 0.25) is 0 Å². The van der Waals surface area contributed by atoms with Gasteiger partial charge < -0.3 is 69.9 Å². The molecular weight excluding hydrogens is 883 g/mol. The molecule has 0 radical (unpaired) electrons. The highest BCUT2D eigenvalue weighted by Gasteiger charge is 2.56. The fraction of sp³-hybridized carbons (Fsp3) is 0.537. The number of hydrogen-bond acceptors (Lipinski definition) is 16. The molecule has 5 saturated heterocycles. The molecule has 0 aromatic rings. The number of primary amides is 1. The molecule has 0 bridgehead atoms. The molecule has 342 valence electrons. The number of alkyl halides is 1. The molecule has 9 N–H and O–H groups in total. The quantitative estimate of drug-likeness (QED) is 0.0368. The average Bonchev–Trinajstić information content (AvgIpc) is 3.78. The fourth-order valence-electron chi connectivity index (χ4n) is 7.15. The van der Waals surface area contributed by atoms with Crippen LogP contribution in [0.4, 0.5) is 0 Å². The van der Waals surface area contributed by atoms with E-state index in [9.17, 15) is 50.1 Å². The van der Waals surface area contributed by atoms with Crippen LogP contribution in [0.1, 0.15) is 26.7 Å². The Balaban J connectivity index is 1.22. The molecule has 62 heavy (non-hydrogen) atoms. The van der Waals surface area contributed by atoms with Gasteiger partial charge in [-0.25, -0.2) is 0 Å². The molecule has 0 aliphatic carbocycles. The molecule has 0 aromatic heterocycles. The van der Waals surface area contributed by atoms with E-state index in [1.54, 1.807) is 54.7 Å². The van der Waals surface area contributed by atoms with Crippen molar-refractivity contribution in [3.63, 3.8) is 0 Å². The number of Topliss-reactive ketones (excluding diaryl/α,β-unsaturated/α-hetero) is 1. The number of aliphatic hydroxyl groups is 7. The SMILES string of the molecule is C[C@@H]1C[C@H](Cl)[C@@H](/C(Cl)=C/C=C/C(Cl)=C/C=C/C=C/C=C/C=C/C(O)=C2/C(=O)[C@H](CC(N)=O)N([C@@H]3OC[C@@H](O)[C@H](O)[C@H]3O[C@@H]3OC[C@@H](O[C@@H]4O[C@H](C)[C@@H](O)[C@@H]4O)[C@@H](O)[C@@H]3O)C2=O)O1. The van der Waals surface area contributed by atoms with E-state index < -0.39 is 128 Å². The second-order valence-electron chi connectivity index (χ2n) is 15.0. The maximum atomic E-state index is 13.9. The Morgan fingerprint density at radius 3 is 2.10 bits per heavy atom. The molecule has 0 aromatic carbocycles. The lowest BCUT2D eigenvalue weighted by Crippen LogP contribution is -2.65. The molecule has 5 rings (SSSR count). The summed E-state index contributed by atoms with van der Waals surface area (Å²) in [5.41, 5.74) is 4.69. The Labute approximate surface area is 372 Å². The van der Waals surface area contributed by atoms with Crippen LogP contribution in [0.25, 0.3) is 0 Å². The van der Waals surface area contributed by atoms with Crippen molar-refractivity contribution < 1.29 is 78.6 Å². The highest BCUT2D eigenvalue weighted by Crippen LogP contribution is 2.35. The maximum Gasteiger partial charge on any atom is 0.264 e. The van der Waals surface area contributed by atoms with Gasteiger partial charge in [0.2, 0.25) is 5.91 Å². The van der Waals surface area contributed by atoms with Gasteiger partial charge in [-0.3, -0.25) is 19.3 Å². The second kappa shape index (κ2) is 22.6. The number of aliphatic hydroxyl groups excluding tert-OH is 7. The zero-order chi connectivity index (χ0) is 45.4. The van der Waals surface area contributed by atoms with Gasteiger partial charge in [-0.05, 0) is 44.6 Å². The van der Waals surface area contributed by atoms with Gasteiger partial charge in [0, 0.05) is 10.1 Å². The number of rotatable bonds is 15. The molecular formula is C41H51Cl3N2O16. The summed E-state index contributed by atoms with van der Waals surface area (Å²) in [5, 5.41) is 75.1. The van der Waals surface area contributed by atoms with Gasteiger partial charge in [-0.1, -0.05) is 71.8 Å². The summed E-state index contributed by atoms with van der Waals surface area (Å²) in [5.74, 6) is -3.91. The van der Waals surface area contributed by atoms with Crippen LogP contribution >= 0.6 is 34.8 Å². The number of carbonyl (C=O) groups excluding carboxylic acids is 3. The topological polar surface area (TPSA) is 277 Å². The summed E-state index contributed by atoms with van der Waals surface area (Å²) in [6.45, 7) is 2.38. The first-order valence-electron chi connectivity index (χ1n) is 19.6. The standard InChI is InChI=1S/C41H51Cl3N2O16/c1-19-15-23(44)36(59-19)22(43)13-10-12-21(42)11-8-6-4-3-5-7-9-14-25(47)29-31(51)24(16-28(45)49)46(38(29)56)39-37(32(52)26(48)17-57-39)62-40-35(55)33(53)27(18-58-40)61-41-34(54)30(50)20(2)60-41/h3-14,19-20,23-24,26-27,30,32-37,39-41,47-48,50,52-55H,15-18H2,1-2H3,(H2,45,49)/b4-3+,7-5+,8-6+,12-10+,14-9+,21-11-,22-13-,29-25+/t19-,20-,23+,24+,26-,27-,30-,32+,33-,34+,35+,36-,37-,39-,40+,41+/m1/s1. The summed E-state index contributed by atoms with van der Waals surface area (Å²) in [6.07, 6.45) is -0.0820. The normalized spacial score (nSPS) is 39.9. The molecule has 0 saturated carbocycles. The zero-order valence-electron chi connectivity index (χ0n) is 33.5. The highest BCUT2D eigenvalue weighted by atomic mass is 35.5. The minimum Gasteiger partial charge on any atom is -0.507 e. The number of ketones is 1. The summed E-state index contributed by atoms with van der Waals surface area (Å²) in [4.78, 5) is 40.3. The third-order valence-corrected chi connectivity index (χ3v) is 11.4. The smallest absolute Gasteiger partial charge is 0.264 e. The monoisotopic (exact) mass is 932 g/mol. The number of nitrogens with two attached hydrogens (primary N) is 1. The predicted octanol–water partition coefficient (Wildman–Crippen LogP) is 0.658. The van der Waals surface area contributed by atoms with Gasteiger partial charge in [-0.15, -0.1) is 11.6 Å². The molecule has 0 spiro atoms. The van der Waals surface area contributed by atoms with Gasteiger partial charge >= 0.3 is 0 Å². The van der Waals surface area contributed by atoms with E-state index in [1.807, 2.05) is 6.92 Å². The minimum atomic E-state index is -1.90. The largest absolute Gasteiger partial charge is 0.507 e. The van der Waals surface area contributed by atoms with Crippen molar-refractivity contribution in [1.29, 1.82) is 0 Å². The maximum absolute atomic E-state index is 13.9. The molecule has 18 nitrogen and oxygen atoms in total. The number of carbonyl (C=O) groups is 3. The Morgan fingerprint density at radius 1 is 0.806 bits per heavy atom. The van der Waals surface area contributed by atoms with Crippen LogP contribution in [-0.2, 0) is 42.8 Å². The van der Waals surface area contributed by atoms with Gasteiger partial charge in [0.05, 0.1) is 37.2 Å². The third kappa shape index (κ3) is 12.1. The van der Waals surface area contributed by atoms with E-state index in [0.29, 0.717) is 16.5 Å². The first-order valence-corrected chi connectivity index (χ1v) is 20.8. The molecule has 0 unspecified atom stereocenters. The van der Waals surface area contributed by atoms with Crippen LogP contribution in [0.3, 0.4) is 0 Å². The van der Waals surface area contributed by atoms with Crippen molar-refractivity contribution in [2.75, 3.05) is 13.2 Å². The molecule has 21 heteroatoms. The van der Waals surface area contributed by atoms with E-state index in [4.69, 9.17) is 69.0 Å². The summed E-state index contributed by atoms with van der Waals surface area (Å²) >= 11 is 18.8. The van der Waals surface area contributed by atoms with Gasteiger partial charge in [0.25, 0.3) is 5.91 Å². The van der Waals surface area contributed by atoms with E-state index in [2.05, 4.69) is 0 Å². The van der Waals surface area contributed by atoms with Gasteiger partial charge in [-0.2, -0.15) is 0 Å². The summed E-state index contributed by atoms with van der Waals surface area (Å²) in [6, 6.07) is -1.65. The van der Waals surface area contributed by atoms with Crippen LogP contribution in [-0.4, -0.2) is 169 Å². The van der Waals surface area contributed by atoms with Crippen LogP contribution in [0, 0.1) is 0 Å². The predicted molar refractivity (Wildman–Crippen MR) is 221 cm³/mol. The molecule has 2 amide bonds. The van der Waals surface area contributed by atoms with E-state index in [0.717, 1.165) is 11.0 Å². The Hall–Kier alpha value is -3.28. The Morgan fingerprint density at radius 2 is 1.47 bits per heavy atom. The van der Waals surface area contributed by atoms with Crippen molar-refractivity contribution in [3.8, 4) is 0 Å². The third-order valence-electron chi connectivity index (χ3n) is 10.4. The molecule has 5 fully saturated rings. The first kappa shape index (κ1) is 49.7. The van der Waals surface area contributed by atoms with Crippen LogP contribution < -0.4 is 5.73 Å². The van der Waals surface area contributed by atoms with E-state index >= 15 is 0 Å². The lowest BCUT2D eigenvalue weighted by molar-refractivity contribution is -0.338. The van der Waals surface area contributed by atoms with Crippen molar-refractivity contribution in [2.24, 2.45) is 5.73 Å². The van der Waals surface area contributed by atoms with Crippen molar-refractivity contribution in [2.45, 2.75) is 124 Å². The number of likely N-dealkylation sites (tertiary alicyclic amines) is 1. The Kier molecular flexibility index (Phi) is 18.1. The zero-order valence-corrected chi connectivity index (χ0v) is 35.7. The number of amides is 2. The average molecular weight is 934 g/mol. The van der Waals surface area contributed by atoms with Crippen molar-refractivity contribution >= 4 is 52.4 Å². The van der Waals surface area contributed by atoms with Crippen molar-refractivity contribution in [3.05, 3.63) is 94.3 Å². The molecule has 5 aliphatic rings. The van der Waals surface area contributed by atoms with Crippen molar-refractivity contribution in [1.82, 2.24) is 4.90 Å². The van der Waals surface area contributed by atoms with E-state index in [1.165, 1.54) is 19.1 Å². The molecule has 5 aliphatic heterocycles. The van der Waals surface area contributed by atoms with Gasteiger partial charge in [0.15, 0.2) is 24.6 Å². The number of allylic oxidation sites excluding steroid dienone is 13. The highest BCUT2D eigenvalue weighted by molar-refractivity contribution is 6.32. The van der Waals surface area contributed by atoms with E-state index in [-0.39, 0.29) is 17.6 Å². The number of nitrogens with zero attached hydrogens (tertiary/aromatic N) is 1. The molecule has 16 atom stereocenters. The summed E-state index contributed by atoms with van der Waals surface area (Å²) < 4.78 is 33.6. The number of halogens is 3. The Bertz CT molecular complexity index is 1870. The van der Waals surface area contributed by atoms with Crippen LogP contribution in [0.5, 0.6) is 0 Å². The number of hydrogen-bond donors (Lipinski definition) is 8. The minimum absolute atomic E-state index is 0.0274. The lowest BCUT2D eigenvalue weighted by atomic mass is 10.0. The number of ether oxygens (including phenoxy) is 6. The summed E-state index contributed by atoms with van der Waals surface area (Å²) in [7, 11) is 0. The fourth-order valence-corrected chi connectivity index (χ4v) is 8.08.